The summed E-state index contributed by atoms with van der Waals surface area (Å²) < 4.78 is 0.842. The summed E-state index contributed by atoms with van der Waals surface area (Å²) >= 11 is 7.27. The van der Waals surface area contributed by atoms with Gasteiger partial charge < -0.3 is 10.2 Å². The van der Waals surface area contributed by atoms with E-state index in [4.69, 9.17) is 12.2 Å². The summed E-state index contributed by atoms with van der Waals surface area (Å²) in [6.07, 6.45) is 0. The monoisotopic (exact) mass is 453 g/mol. The molecule has 0 aliphatic carbocycles. The molecular formula is C17H16IN3O2S. The van der Waals surface area contributed by atoms with Crippen LogP contribution < -0.4 is 10.6 Å². The molecule has 0 aliphatic rings. The molecule has 2 aromatic rings. The number of hydrogen-bond donors (Lipinski definition) is 2. The standard InChI is InChI=1S/C17H16IN3O2S/c1-21(2)16(23)11-6-5-7-12(10-11)19-17(24)20-15(22)13-8-3-4-9-14(13)18/h3-10H,1-2H3,(H2,19,20,22,24). The van der Waals surface area contributed by atoms with E-state index < -0.39 is 0 Å². The number of amides is 2. The van der Waals surface area contributed by atoms with Gasteiger partial charge >= 0.3 is 0 Å². The minimum Gasteiger partial charge on any atom is -0.345 e. The summed E-state index contributed by atoms with van der Waals surface area (Å²) in [4.78, 5) is 25.7. The third-order valence-corrected chi connectivity index (χ3v) is 4.26. The van der Waals surface area contributed by atoms with Crippen LogP contribution in [0.3, 0.4) is 0 Å². The molecule has 0 fully saturated rings. The first-order chi connectivity index (χ1) is 11.4. The molecule has 0 radical (unpaired) electrons. The second-order valence-corrected chi connectivity index (χ2v) is 6.74. The van der Waals surface area contributed by atoms with Gasteiger partial charge in [0.05, 0.1) is 5.56 Å². The maximum atomic E-state index is 12.2. The van der Waals surface area contributed by atoms with Crippen molar-refractivity contribution in [3.05, 3.63) is 63.2 Å². The van der Waals surface area contributed by atoms with Crippen LogP contribution in [0.4, 0.5) is 5.69 Å². The molecule has 0 atom stereocenters. The van der Waals surface area contributed by atoms with E-state index in [2.05, 4.69) is 33.2 Å². The molecule has 124 valence electrons. The second-order valence-electron chi connectivity index (χ2n) is 5.17. The van der Waals surface area contributed by atoms with Gasteiger partial charge in [0.15, 0.2) is 5.11 Å². The summed E-state index contributed by atoms with van der Waals surface area (Å²) in [6, 6.07) is 14.2. The van der Waals surface area contributed by atoms with E-state index in [1.165, 1.54) is 4.90 Å². The lowest BCUT2D eigenvalue weighted by atomic mass is 10.2. The number of nitrogens with one attached hydrogen (secondary N) is 2. The number of anilines is 1. The van der Waals surface area contributed by atoms with Crippen LogP contribution in [0.1, 0.15) is 20.7 Å². The highest BCUT2D eigenvalue weighted by Gasteiger charge is 2.12. The molecule has 2 N–H and O–H groups in total. The predicted octanol–water partition coefficient (Wildman–Crippen LogP) is 3.12. The Hall–Kier alpha value is -2.00. The summed E-state index contributed by atoms with van der Waals surface area (Å²) in [5.41, 5.74) is 1.73. The molecule has 0 spiro atoms. The summed E-state index contributed by atoms with van der Waals surface area (Å²) in [6.45, 7) is 0. The van der Waals surface area contributed by atoms with Crippen molar-refractivity contribution >= 4 is 57.4 Å². The number of halogens is 1. The van der Waals surface area contributed by atoms with Gasteiger partial charge in [0.1, 0.15) is 0 Å². The van der Waals surface area contributed by atoms with E-state index in [1.807, 2.05) is 12.1 Å². The number of benzene rings is 2. The predicted molar refractivity (Wildman–Crippen MR) is 107 cm³/mol. The van der Waals surface area contributed by atoms with Gasteiger partial charge in [0.25, 0.3) is 11.8 Å². The molecule has 5 nitrogen and oxygen atoms in total. The largest absolute Gasteiger partial charge is 0.345 e. The molecular weight excluding hydrogens is 437 g/mol. The van der Waals surface area contributed by atoms with Gasteiger partial charge in [-0.25, -0.2) is 0 Å². The third-order valence-electron chi connectivity index (χ3n) is 3.12. The van der Waals surface area contributed by atoms with Crippen LogP contribution in [0.25, 0.3) is 0 Å². The molecule has 2 rings (SSSR count). The maximum absolute atomic E-state index is 12.2. The van der Waals surface area contributed by atoms with E-state index in [1.54, 1.807) is 50.5 Å². The number of carbonyl (C=O) groups excluding carboxylic acids is 2. The summed E-state index contributed by atoms with van der Waals surface area (Å²) in [5.74, 6) is -0.384. The zero-order valence-electron chi connectivity index (χ0n) is 13.2. The van der Waals surface area contributed by atoms with Crippen molar-refractivity contribution in [2.75, 3.05) is 19.4 Å². The van der Waals surface area contributed by atoms with Crippen molar-refractivity contribution in [2.24, 2.45) is 0 Å². The summed E-state index contributed by atoms with van der Waals surface area (Å²) in [7, 11) is 3.38. The molecule has 0 aromatic heterocycles. The highest BCUT2D eigenvalue weighted by atomic mass is 127. The Morgan fingerprint density at radius 1 is 1.08 bits per heavy atom. The fraction of sp³-hybridized carbons (Fsp3) is 0.118. The van der Waals surface area contributed by atoms with Crippen LogP contribution in [0.5, 0.6) is 0 Å². The molecule has 0 bridgehead atoms. The van der Waals surface area contributed by atoms with Crippen LogP contribution in [0.15, 0.2) is 48.5 Å². The number of nitrogens with zero attached hydrogens (tertiary/aromatic N) is 1. The molecule has 0 saturated carbocycles. The molecule has 2 aromatic carbocycles. The third kappa shape index (κ3) is 4.75. The van der Waals surface area contributed by atoms with Gasteiger partial charge in [-0.2, -0.15) is 0 Å². The van der Waals surface area contributed by atoms with Crippen molar-refractivity contribution in [3.63, 3.8) is 0 Å². The zero-order chi connectivity index (χ0) is 17.7. The molecule has 0 saturated heterocycles. The molecule has 7 heteroatoms. The van der Waals surface area contributed by atoms with Crippen LogP contribution in [0.2, 0.25) is 0 Å². The van der Waals surface area contributed by atoms with E-state index in [0.29, 0.717) is 16.8 Å². The number of rotatable bonds is 3. The van der Waals surface area contributed by atoms with E-state index in [-0.39, 0.29) is 16.9 Å². The van der Waals surface area contributed by atoms with Crippen LogP contribution >= 0.6 is 34.8 Å². The molecule has 24 heavy (non-hydrogen) atoms. The van der Waals surface area contributed by atoms with Gasteiger partial charge in [-0.3, -0.25) is 14.9 Å². The first-order valence-corrected chi connectivity index (χ1v) is 8.56. The van der Waals surface area contributed by atoms with E-state index >= 15 is 0 Å². The van der Waals surface area contributed by atoms with E-state index in [9.17, 15) is 9.59 Å². The second kappa shape index (κ2) is 8.20. The highest BCUT2D eigenvalue weighted by molar-refractivity contribution is 14.1. The smallest absolute Gasteiger partial charge is 0.258 e. The normalized spacial score (nSPS) is 9.96. The van der Waals surface area contributed by atoms with Crippen molar-refractivity contribution in [3.8, 4) is 0 Å². The fourth-order valence-corrected chi connectivity index (χ4v) is 2.81. The average molecular weight is 453 g/mol. The molecule has 2 amide bonds. The Morgan fingerprint density at radius 2 is 1.79 bits per heavy atom. The zero-order valence-corrected chi connectivity index (χ0v) is 16.1. The number of hydrogen-bond acceptors (Lipinski definition) is 3. The quantitative estimate of drug-likeness (QED) is 0.554. The Balaban J connectivity index is 2.05. The Bertz CT molecular complexity index is 793. The Labute approximate surface area is 159 Å². The molecule has 0 unspecified atom stereocenters. The average Bonchev–Trinajstić information content (AvgIpc) is 2.54. The SMILES string of the molecule is CN(C)C(=O)c1cccc(NC(=S)NC(=O)c2ccccc2I)c1. The van der Waals surface area contributed by atoms with Gasteiger partial charge in [-0.1, -0.05) is 18.2 Å². The van der Waals surface area contributed by atoms with Gasteiger partial charge in [0.2, 0.25) is 0 Å². The van der Waals surface area contributed by atoms with Crippen LogP contribution in [-0.4, -0.2) is 35.9 Å². The first kappa shape index (κ1) is 18.3. The van der Waals surface area contributed by atoms with Gasteiger partial charge in [0, 0.05) is 28.9 Å². The van der Waals surface area contributed by atoms with Crippen molar-refractivity contribution < 1.29 is 9.59 Å². The number of carbonyl (C=O) groups is 2. The topological polar surface area (TPSA) is 61.4 Å². The van der Waals surface area contributed by atoms with Crippen LogP contribution in [0, 0.1) is 3.57 Å². The van der Waals surface area contributed by atoms with Crippen molar-refractivity contribution in [1.82, 2.24) is 10.2 Å². The number of thiocarbonyl (C=S) groups is 1. The Kier molecular flexibility index (Phi) is 6.27. The van der Waals surface area contributed by atoms with E-state index in [0.717, 1.165) is 3.57 Å². The lowest BCUT2D eigenvalue weighted by Gasteiger charge is -2.13. The van der Waals surface area contributed by atoms with Crippen molar-refractivity contribution in [1.29, 1.82) is 0 Å². The highest BCUT2D eigenvalue weighted by Crippen LogP contribution is 2.13. The summed E-state index contributed by atoms with van der Waals surface area (Å²) in [5, 5.41) is 5.74. The molecule has 0 aliphatic heterocycles. The lowest BCUT2D eigenvalue weighted by molar-refractivity contribution is 0.0827. The van der Waals surface area contributed by atoms with Crippen molar-refractivity contribution in [2.45, 2.75) is 0 Å². The Morgan fingerprint density at radius 3 is 2.46 bits per heavy atom. The van der Waals surface area contributed by atoms with Gasteiger partial charge in [-0.15, -0.1) is 0 Å². The van der Waals surface area contributed by atoms with Gasteiger partial charge in [-0.05, 0) is 65.1 Å². The molecule has 0 heterocycles. The van der Waals surface area contributed by atoms with Crippen LogP contribution in [-0.2, 0) is 0 Å². The fourth-order valence-electron chi connectivity index (χ4n) is 1.97. The first-order valence-electron chi connectivity index (χ1n) is 7.07. The maximum Gasteiger partial charge on any atom is 0.258 e. The lowest BCUT2D eigenvalue weighted by Crippen LogP contribution is -2.34. The minimum absolute atomic E-state index is 0.104. The minimum atomic E-state index is -0.280.